The Morgan fingerprint density at radius 2 is 1.64 bits per heavy atom. The summed E-state index contributed by atoms with van der Waals surface area (Å²) in [5.41, 5.74) is 7.97. The number of hydrogen-bond acceptors (Lipinski definition) is 4. The highest BCUT2D eigenvalue weighted by Crippen LogP contribution is 2.34. The maximum Gasteiger partial charge on any atom is 0.255 e. The fourth-order valence-electron chi connectivity index (χ4n) is 5.14. The zero-order valence-corrected chi connectivity index (χ0v) is 21.5. The largest absolute Gasteiger partial charge is 0.492 e. The van der Waals surface area contributed by atoms with Gasteiger partial charge in [-0.25, -0.2) is 4.98 Å². The molecule has 0 aliphatic carbocycles. The first-order valence-electron chi connectivity index (χ1n) is 12.7. The molecule has 4 aromatic rings. The Morgan fingerprint density at radius 3 is 2.42 bits per heavy atom. The molecule has 184 valence electrons. The van der Waals surface area contributed by atoms with Gasteiger partial charge in [-0.3, -0.25) is 4.79 Å². The molecule has 2 heterocycles. The van der Waals surface area contributed by atoms with Crippen LogP contribution in [0.1, 0.15) is 34.0 Å². The van der Waals surface area contributed by atoms with E-state index >= 15 is 0 Å². The summed E-state index contributed by atoms with van der Waals surface area (Å²) < 4.78 is 5.84. The van der Waals surface area contributed by atoms with E-state index in [-0.39, 0.29) is 5.91 Å². The maximum absolute atomic E-state index is 14.0. The third-order valence-electron chi connectivity index (χ3n) is 7.07. The molecule has 1 saturated heterocycles. The lowest BCUT2D eigenvalue weighted by molar-refractivity contribution is 0.0748. The molecule has 0 spiro atoms. The number of piperazine rings is 1. The van der Waals surface area contributed by atoms with Crippen LogP contribution in [-0.4, -0.2) is 48.6 Å². The molecule has 1 aliphatic rings. The van der Waals surface area contributed by atoms with E-state index in [9.17, 15) is 4.79 Å². The maximum atomic E-state index is 14.0. The van der Waals surface area contributed by atoms with Crippen LogP contribution in [0.15, 0.2) is 66.7 Å². The number of fused-ring (bicyclic) bond motifs is 1. The van der Waals surface area contributed by atoms with Crippen molar-refractivity contribution < 1.29 is 9.53 Å². The number of para-hydroxylation sites is 3. The van der Waals surface area contributed by atoms with Gasteiger partial charge in [-0.05, 0) is 63.1 Å². The Morgan fingerprint density at radius 1 is 0.917 bits per heavy atom. The summed E-state index contributed by atoms with van der Waals surface area (Å²) in [7, 11) is 0. The Kier molecular flexibility index (Phi) is 6.64. The van der Waals surface area contributed by atoms with Crippen LogP contribution in [0.4, 0.5) is 5.69 Å². The van der Waals surface area contributed by atoms with E-state index in [1.54, 1.807) is 0 Å². The van der Waals surface area contributed by atoms with Crippen molar-refractivity contribution in [3.63, 3.8) is 0 Å². The molecule has 0 bridgehead atoms. The van der Waals surface area contributed by atoms with Crippen molar-refractivity contribution in [1.82, 2.24) is 9.88 Å². The average Bonchev–Trinajstić information content (AvgIpc) is 2.90. The Hall–Kier alpha value is -3.86. The van der Waals surface area contributed by atoms with Crippen molar-refractivity contribution in [2.24, 2.45) is 0 Å². The number of carbonyl (C=O) groups is 1. The van der Waals surface area contributed by atoms with Crippen LogP contribution in [0.2, 0.25) is 0 Å². The molecule has 5 heteroatoms. The van der Waals surface area contributed by atoms with Crippen LogP contribution in [0.5, 0.6) is 5.75 Å². The SMILES string of the molecule is CCOc1ccccc1N1CCN(C(=O)c2c(C)c(-c3cc(C)ccc3C)nc3ccccc23)CC1. The highest BCUT2D eigenvalue weighted by Gasteiger charge is 2.27. The number of anilines is 1. The highest BCUT2D eigenvalue weighted by molar-refractivity contribution is 6.09. The van der Waals surface area contributed by atoms with Gasteiger partial charge in [0.25, 0.3) is 5.91 Å². The Balaban J connectivity index is 1.48. The van der Waals surface area contributed by atoms with Gasteiger partial charge in [-0.15, -0.1) is 0 Å². The predicted molar refractivity (Wildman–Crippen MR) is 147 cm³/mol. The van der Waals surface area contributed by atoms with Gasteiger partial charge in [0.15, 0.2) is 0 Å². The molecule has 5 nitrogen and oxygen atoms in total. The summed E-state index contributed by atoms with van der Waals surface area (Å²) in [5, 5.41) is 0.915. The molecule has 1 fully saturated rings. The van der Waals surface area contributed by atoms with Crippen molar-refractivity contribution >= 4 is 22.5 Å². The van der Waals surface area contributed by atoms with E-state index in [0.717, 1.165) is 63.4 Å². The molecule has 0 N–H and O–H groups in total. The van der Waals surface area contributed by atoms with E-state index in [4.69, 9.17) is 9.72 Å². The first-order valence-corrected chi connectivity index (χ1v) is 12.7. The number of pyridine rings is 1. The Bertz CT molecular complexity index is 1420. The second kappa shape index (κ2) is 10.0. The summed E-state index contributed by atoms with van der Waals surface area (Å²) >= 11 is 0. The fourth-order valence-corrected chi connectivity index (χ4v) is 5.14. The zero-order valence-electron chi connectivity index (χ0n) is 21.5. The minimum Gasteiger partial charge on any atom is -0.492 e. The molecule has 0 radical (unpaired) electrons. The van der Waals surface area contributed by atoms with Gasteiger partial charge in [0.05, 0.1) is 29.1 Å². The van der Waals surface area contributed by atoms with Gasteiger partial charge < -0.3 is 14.5 Å². The molecule has 1 aromatic heterocycles. The van der Waals surface area contributed by atoms with Crippen LogP contribution >= 0.6 is 0 Å². The molecule has 0 unspecified atom stereocenters. The number of benzene rings is 3. The molecule has 1 amide bonds. The van der Waals surface area contributed by atoms with E-state index < -0.39 is 0 Å². The first-order chi connectivity index (χ1) is 17.5. The van der Waals surface area contributed by atoms with Crippen LogP contribution in [-0.2, 0) is 0 Å². The van der Waals surface area contributed by atoms with Crippen molar-refractivity contribution in [2.45, 2.75) is 27.7 Å². The zero-order chi connectivity index (χ0) is 25.2. The summed E-state index contributed by atoms with van der Waals surface area (Å²) in [6.07, 6.45) is 0. The minimum absolute atomic E-state index is 0.0791. The summed E-state index contributed by atoms with van der Waals surface area (Å²) in [6, 6.07) is 22.6. The standard InChI is InChI=1S/C31H33N3O2/c1-5-36-28-13-9-8-12-27(28)33-16-18-34(19-17-33)31(35)29-23(4)30(25-20-21(2)14-15-22(25)3)32-26-11-7-6-10-24(26)29/h6-15,20H,5,16-19H2,1-4H3. The summed E-state index contributed by atoms with van der Waals surface area (Å²) in [6.45, 7) is 11.7. The third-order valence-corrected chi connectivity index (χ3v) is 7.07. The topological polar surface area (TPSA) is 45.7 Å². The number of carbonyl (C=O) groups excluding carboxylic acids is 1. The number of hydrogen-bond donors (Lipinski definition) is 0. The van der Waals surface area contributed by atoms with Gasteiger partial charge in [-0.2, -0.15) is 0 Å². The fraction of sp³-hybridized carbons (Fsp3) is 0.290. The van der Waals surface area contributed by atoms with Gasteiger partial charge >= 0.3 is 0 Å². The van der Waals surface area contributed by atoms with Crippen LogP contribution in [0.3, 0.4) is 0 Å². The lowest BCUT2D eigenvalue weighted by Gasteiger charge is -2.37. The van der Waals surface area contributed by atoms with Crippen molar-refractivity contribution in [3.8, 4) is 17.0 Å². The predicted octanol–water partition coefficient (Wildman–Crippen LogP) is 6.19. The number of ether oxygens (including phenoxy) is 1. The van der Waals surface area contributed by atoms with Gasteiger partial charge in [0, 0.05) is 37.1 Å². The second-order valence-electron chi connectivity index (χ2n) is 9.48. The van der Waals surface area contributed by atoms with Crippen molar-refractivity contribution in [2.75, 3.05) is 37.7 Å². The van der Waals surface area contributed by atoms with E-state index in [0.29, 0.717) is 19.7 Å². The molecular formula is C31H33N3O2. The lowest BCUT2D eigenvalue weighted by atomic mass is 9.94. The number of amides is 1. The van der Waals surface area contributed by atoms with E-state index in [1.165, 1.54) is 5.56 Å². The van der Waals surface area contributed by atoms with E-state index in [2.05, 4.69) is 43.0 Å². The van der Waals surface area contributed by atoms with Gasteiger partial charge in [0.1, 0.15) is 5.75 Å². The van der Waals surface area contributed by atoms with Crippen LogP contribution in [0.25, 0.3) is 22.2 Å². The normalized spacial score (nSPS) is 13.8. The molecular weight excluding hydrogens is 446 g/mol. The third kappa shape index (κ3) is 4.41. The van der Waals surface area contributed by atoms with Crippen LogP contribution < -0.4 is 9.64 Å². The van der Waals surface area contributed by atoms with Crippen molar-refractivity contribution in [1.29, 1.82) is 0 Å². The minimum atomic E-state index is 0.0791. The second-order valence-corrected chi connectivity index (χ2v) is 9.48. The smallest absolute Gasteiger partial charge is 0.255 e. The average molecular weight is 480 g/mol. The van der Waals surface area contributed by atoms with Gasteiger partial charge in [-0.1, -0.05) is 48.0 Å². The molecule has 3 aromatic carbocycles. The van der Waals surface area contributed by atoms with Crippen molar-refractivity contribution in [3.05, 3.63) is 89.0 Å². The quantitative estimate of drug-likeness (QED) is 0.342. The van der Waals surface area contributed by atoms with Gasteiger partial charge in [0.2, 0.25) is 0 Å². The summed E-state index contributed by atoms with van der Waals surface area (Å²) in [4.78, 5) is 23.4. The van der Waals surface area contributed by atoms with E-state index in [1.807, 2.05) is 61.2 Å². The monoisotopic (exact) mass is 479 g/mol. The number of rotatable bonds is 5. The Labute approximate surface area is 213 Å². The molecule has 0 saturated carbocycles. The lowest BCUT2D eigenvalue weighted by Crippen LogP contribution is -2.49. The molecule has 1 aliphatic heterocycles. The molecule has 36 heavy (non-hydrogen) atoms. The molecule has 0 atom stereocenters. The number of aromatic nitrogens is 1. The summed E-state index contributed by atoms with van der Waals surface area (Å²) in [5.74, 6) is 0.976. The first kappa shape index (κ1) is 23.9. The highest BCUT2D eigenvalue weighted by atomic mass is 16.5. The van der Waals surface area contributed by atoms with Crippen LogP contribution in [0, 0.1) is 20.8 Å². The molecule has 5 rings (SSSR count). The number of aryl methyl sites for hydroxylation is 2. The number of nitrogens with zero attached hydrogens (tertiary/aromatic N) is 3.